The molecule has 25 heavy (non-hydrogen) atoms. The zero-order chi connectivity index (χ0) is 18.1. The number of benzene rings is 1. The molecule has 0 saturated heterocycles. The molecule has 0 amide bonds. The fourth-order valence-electron chi connectivity index (χ4n) is 2.78. The first kappa shape index (κ1) is 19.8. The first-order chi connectivity index (χ1) is 12.1. The number of hydrogen-bond donors (Lipinski definition) is 2. The molecule has 2 rings (SSSR count). The molecule has 0 aliphatic carbocycles. The number of nitrogens with two attached hydrogens (primary N) is 1. The predicted octanol–water partition coefficient (Wildman–Crippen LogP) is 4.38. The summed E-state index contributed by atoms with van der Waals surface area (Å²) in [5.41, 5.74) is 6.95. The van der Waals surface area contributed by atoms with Crippen molar-refractivity contribution in [2.75, 3.05) is 6.61 Å². The summed E-state index contributed by atoms with van der Waals surface area (Å²) < 4.78 is 0. The number of aliphatic hydroxyl groups excluding tert-OH is 1. The van der Waals surface area contributed by atoms with Crippen LogP contribution in [-0.4, -0.2) is 23.0 Å². The Balaban J connectivity index is 1.74. The smallest absolute Gasteiger partial charge is 0.172 e. The van der Waals surface area contributed by atoms with Gasteiger partial charge in [-0.05, 0) is 56.2 Å². The van der Waals surface area contributed by atoms with Crippen LogP contribution in [0.15, 0.2) is 42.5 Å². The van der Waals surface area contributed by atoms with Crippen LogP contribution in [0.2, 0.25) is 0 Å². The number of carbonyl (C=O) groups excluding carboxylic acids is 1. The summed E-state index contributed by atoms with van der Waals surface area (Å²) in [7, 11) is 0. The lowest BCUT2D eigenvalue weighted by molar-refractivity contribution is 0.0983. The van der Waals surface area contributed by atoms with Gasteiger partial charge in [-0.15, -0.1) is 11.3 Å². The molecule has 1 aromatic heterocycles. The second-order valence-electron chi connectivity index (χ2n) is 6.76. The van der Waals surface area contributed by atoms with Gasteiger partial charge in [-0.1, -0.05) is 37.3 Å². The van der Waals surface area contributed by atoms with Crippen LogP contribution >= 0.6 is 11.3 Å². The lowest BCUT2D eigenvalue weighted by atomic mass is 9.92. The van der Waals surface area contributed by atoms with Crippen LogP contribution in [0.4, 0.5) is 0 Å². The van der Waals surface area contributed by atoms with E-state index >= 15 is 0 Å². The van der Waals surface area contributed by atoms with Gasteiger partial charge in [-0.2, -0.15) is 0 Å². The highest BCUT2D eigenvalue weighted by molar-refractivity contribution is 7.14. The molecule has 2 aromatic rings. The quantitative estimate of drug-likeness (QED) is 0.462. The van der Waals surface area contributed by atoms with E-state index in [1.165, 1.54) is 10.4 Å². The van der Waals surface area contributed by atoms with Crippen molar-refractivity contribution in [2.45, 2.75) is 57.4 Å². The minimum Gasteiger partial charge on any atom is -0.394 e. The fraction of sp³-hybridized carbons (Fsp3) is 0.476. The molecular formula is C21H29NO2S. The molecule has 0 fully saturated rings. The van der Waals surface area contributed by atoms with Crippen molar-refractivity contribution in [3.05, 3.63) is 57.8 Å². The molecule has 136 valence electrons. The number of ketones is 1. The van der Waals surface area contributed by atoms with E-state index in [1.54, 1.807) is 11.3 Å². The van der Waals surface area contributed by atoms with Gasteiger partial charge in [0.15, 0.2) is 5.78 Å². The number of thiophene rings is 1. The van der Waals surface area contributed by atoms with Crippen LogP contribution in [0.1, 0.15) is 59.1 Å². The Morgan fingerprint density at radius 3 is 2.56 bits per heavy atom. The lowest BCUT2D eigenvalue weighted by Crippen LogP contribution is -2.43. The molecule has 1 aromatic carbocycles. The van der Waals surface area contributed by atoms with Crippen LogP contribution in [0.3, 0.4) is 0 Å². The Bertz CT molecular complexity index is 647. The number of aryl methyl sites for hydroxylation is 2. The van der Waals surface area contributed by atoms with E-state index in [2.05, 4.69) is 24.3 Å². The van der Waals surface area contributed by atoms with Gasteiger partial charge < -0.3 is 10.8 Å². The van der Waals surface area contributed by atoms with E-state index in [9.17, 15) is 9.90 Å². The third-order valence-corrected chi connectivity index (χ3v) is 5.97. The van der Waals surface area contributed by atoms with Gasteiger partial charge in [0.25, 0.3) is 0 Å². The van der Waals surface area contributed by atoms with Crippen molar-refractivity contribution in [1.82, 2.24) is 0 Å². The third kappa shape index (κ3) is 6.38. The Morgan fingerprint density at radius 2 is 1.88 bits per heavy atom. The maximum absolute atomic E-state index is 12.3. The highest BCUT2D eigenvalue weighted by Crippen LogP contribution is 2.23. The molecule has 0 radical (unpaired) electrons. The normalized spacial score (nSPS) is 13.6. The summed E-state index contributed by atoms with van der Waals surface area (Å²) in [5.74, 6) is 0.237. The monoisotopic (exact) mass is 359 g/mol. The zero-order valence-corrected chi connectivity index (χ0v) is 15.9. The first-order valence-electron chi connectivity index (χ1n) is 9.12. The van der Waals surface area contributed by atoms with Gasteiger partial charge in [-0.3, -0.25) is 4.79 Å². The molecule has 1 unspecified atom stereocenters. The number of hydrogen-bond acceptors (Lipinski definition) is 4. The van der Waals surface area contributed by atoms with Crippen molar-refractivity contribution in [3.63, 3.8) is 0 Å². The fourth-order valence-corrected chi connectivity index (χ4v) is 3.76. The summed E-state index contributed by atoms with van der Waals surface area (Å²) >= 11 is 1.57. The Kier molecular flexibility index (Phi) is 7.82. The minimum atomic E-state index is -0.508. The summed E-state index contributed by atoms with van der Waals surface area (Å²) in [4.78, 5) is 14.3. The van der Waals surface area contributed by atoms with E-state index in [0.29, 0.717) is 6.42 Å². The largest absolute Gasteiger partial charge is 0.394 e. The topological polar surface area (TPSA) is 63.3 Å². The van der Waals surface area contributed by atoms with E-state index in [1.807, 2.05) is 25.1 Å². The average molecular weight is 360 g/mol. The van der Waals surface area contributed by atoms with Crippen LogP contribution in [-0.2, 0) is 12.8 Å². The van der Waals surface area contributed by atoms with Crippen LogP contribution in [0.25, 0.3) is 0 Å². The van der Waals surface area contributed by atoms with Crippen molar-refractivity contribution >= 4 is 17.1 Å². The SMILES string of the molecule is CCC(N)(CO)CCc1ccc(C(=O)CCCCc2ccccc2)s1. The Morgan fingerprint density at radius 1 is 1.12 bits per heavy atom. The molecule has 0 aliphatic rings. The van der Waals surface area contributed by atoms with Gasteiger partial charge >= 0.3 is 0 Å². The molecule has 0 aliphatic heterocycles. The summed E-state index contributed by atoms with van der Waals surface area (Å²) in [6, 6.07) is 14.4. The maximum Gasteiger partial charge on any atom is 0.172 e. The summed E-state index contributed by atoms with van der Waals surface area (Å²) in [6.45, 7) is 2.00. The molecule has 4 heteroatoms. The molecule has 3 nitrogen and oxygen atoms in total. The predicted molar refractivity (Wildman–Crippen MR) is 105 cm³/mol. The Hall–Kier alpha value is -1.49. The van der Waals surface area contributed by atoms with Crippen molar-refractivity contribution in [2.24, 2.45) is 5.73 Å². The molecular weight excluding hydrogens is 330 g/mol. The van der Waals surface area contributed by atoms with Gasteiger partial charge in [0.2, 0.25) is 0 Å². The molecule has 1 heterocycles. The minimum absolute atomic E-state index is 0.00206. The maximum atomic E-state index is 12.3. The standard InChI is InChI=1S/C21H29NO2S/c1-2-21(22,16-23)15-14-18-12-13-20(25-18)19(24)11-7-6-10-17-8-4-3-5-9-17/h3-5,8-9,12-13,23H,2,6-7,10-11,14-16,22H2,1H3. The number of carbonyl (C=O) groups is 1. The lowest BCUT2D eigenvalue weighted by Gasteiger charge is -2.25. The van der Waals surface area contributed by atoms with Crippen molar-refractivity contribution < 1.29 is 9.90 Å². The third-order valence-electron chi connectivity index (χ3n) is 4.79. The first-order valence-corrected chi connectivity index (χ1v) is 9.93. The highest BCUT2D eigenvalue weighted by Gasteiger charge is 2.21. The summed E-state index contributed by atoms with van der Waals surface area (Å²) in [6.07, 6.45) is 5.91. The molecule has 3 N–H and O–H groups in total. The second-order valence-corrected chi connectivity index (χ2v) is 7.92. The Labute approximate surface area is 154 Å². The van der Waals surface area contributed by atoms with Crippen molar-refractivity contribution in [1.29, 1.82) is 0 Å². The number of Topliss-reactive ketones (excluding diaryl/α,β-unsaturated/α-hetero) is 1. The number of unbranched alkanes of at least 4 members (excludes halogenated alkanes) is 1. The van der Waals surface area contributed by atoms with Gasteiger partial charge in [0, 0.05) is 16.8 Å². The van der Waals surface area contributed by atoms with Crippen LogP contribution < -0.4 is 5.73 Å². The summed E-state index contributed by atoms with van der Waals surface area (Å²) in [5, 5.41) is 9.38. The van der Waals surface area contributed by atoms with E-state index < -0.39 is 5.54 Å². The second kappa shape index (κ2) is 9.85. The number of aliphatic hydroxyl groups is 1. The van der Waals surface area contributed by atoms with Crippen molar-refractivity contribution in [3.8, 4) is 0 Å². The van der Waals surface area contributed by atoms with E-state index in [0.717, 1.165) is 43.4 Å². The molecule has 0 bridgehead atoms. The van der Waals surface area contributed by atoms with Gasteiger partial charge in [0.05, 0.1) is 11.5 Å². The van der Waals surface area contributed by atoms with Crippen LogP contribution in [0, 0.1) is 0 Å². The van der Waals surface area contributed by atoms with E-state index in [4.69, 9.17) is 5.73 Å². The van der Waals surface area contributed by atoms with Crippen LogP contribution in [0.5, 0.6) is 0 Å². The number of rotatable bonds is 11. The molecule has 0 saturated carbocycles. The van der Waals surface area contributed by atoms with E-state index in [-0.39, 0.29) is 12.4 Å². The molecule has 0 spiro atoms. The average Bonchev–Trinajstić information content (AvgIpc) is 3.13. The van der Waals surface area contributed by atoms with Gasteiger partial charge in [0.1, 0.15) is 0 Å². The highest BCUT2D eigenvalue weighted by atomic mass is 32.1. The van der Waals surface area contributed by atoms with Gasteiger partial charge in [-0.25, -0.2) is 0 Å². The molecule has 1 atom stereocenters. The zero-order valence-electron chi connectivity index (χ0n) is 15.0.